The first-order valence-electron chi connectivity index (χ1n) is 6.15. The summed E-state index contributed by atoms with van der Waals surface area (Å²) in [5.74, 6) is 0.771. The lowest BCUT2D eigenvalue weighted by atomic mass is 10.0. The van der Waals surface area contributed by atoms with Gasteiger partial charge in [0, 0.05) is 13.7 Å². The molecule has 2 rings (SSSR count). The smallest absolute Gasteiger partial charge is 0.161 e. The summed E-state index contributed by atoms with van der Waals surface area (Å²) in [5.41, 5.74) is 7.16. The van der Waals surface area contributed by atoms with Crippen LogP contribution in [0.15, 0.2) is 6.20 Å². The summed E-state index contributed by atoms with van der Waals surface area (Å²) in [7, 11) is 3.54. The molecule has 1 aromatic heterocycles. The number of aromatic nitrogens is 2. The van der Waals surface area contributed by atoms with Crippen LogP contribution in [0.4, 0.5) is 0 Å². The van der Waals surface area contributed by atoms with E-state index in [1.165, 1.54) is 6.42 Å². The van der Waals surface area contributed by atoms with Crippen molar-refractivity contribution in [2.24, 2.45) is 12.8 Å². The number of nitrogens with zero attached hydrogens (tertiary/aromatic N) is 2. The molecule has 1 aromatic rings. The van der Waals surface area contributed by atoms with E-state index in [-0.39, 0.29) is 6.04 Å². The molecule has 2 unspecified atom stereocenters. The Morgan fingerprint density at radius 2 is 2.53 bits per heavy atom. The molecule has 2 N–H and O–H groups in total. The minimum atomic E-state index is -0.0401. The predicted octanol–water partition coefficient (Wildman–Crippen LogP) is 1.39. The van der Waals surface area contributed by atoms with Crippen LogP contribution in [-0.4, -0.2) is 29.6 Å². The third-order valence-electron chi connectivity index (χ3n) is 3.34. The Morgan fingerprint density at radius 1 is 1.71 bits per heavy atom. The van der Waals surface area contributed by atoms with E-state index >= 15 is 0 Å². The van der Waals surface area contributed by atoms with Crippen LogP contribution in [0.5, 0.6) is 5.75 Å². The third kappa shape index (κ3) is 2.79. The summed E-state index contributed by atoms with van der Waals surface area (Å²) in [5, 5.41) is 4.17. The maximum atomic E-state index is 6.20. The summed E-state index contributed by atoms with van der Waals surface area (Å²) >= 11 is 0. The molecule has 5 nitrogen and oxygen atoms in total. The van der Waals surface area contributed by atoms with Crippen molar-refractivity contribution in [3.8, 4) is 5.75 Å². The van der Waals surface area contributed by atoms with E-state index in [2.05, 4.69) is 5.10 Å². The second-order valence-corrected chi connectivity index (χ2v) is 4.54. The van der Waals surface area contributed by atoms with E-state index in [1.54, 1.807) is 18.0 Å². The van der Waals surface area contributed by atoms with Gasteiger partial charge in [-0.1, -0.05) is 0 Å². The molecular weight excluding hydrogens is 218 g/mol. The molecule has 2 atom stereocenters. The summed E-state index contributed by atoms with van der Waals surface area (Å²) in [6.45, 7) is 0.898. The van der Waals surface area contributed by atoms with Crippen molar-refractivity contribution in [1.82, 2.24) is 9.78 Å². The summed E-state index contributed by atoms with van der Waals surface area (Å²) in [6.07, 6.45) is 6.35. The van der Waals surface area contributed by atoms with Gasteiger partial charge < -0.3 is 15.2 Å². The minimum Gasteiger partial charge on any atom is -0.493 e. The first kappa shape index (κ1) is 12.4. The van der Waals surface area contributed by atoms with Crippen molar-refractivity contribution < 1.29 is 9.47 Å². The van der Waals surface area contributed by atoms with Gasteiger partial charge in [-0.25, -0.2) is 0 Å². The van der Waals surface area contributed by atoms with Gasteiger partial charge in [-0.05, 0) is 25.7 Å². The molecule has 1 aliphatic heterocycles. The van der Waals surface area contributed by atoms with Gasteiger partial charge >= 0.3 is 0 Å². The van der Waals surface area contributed by atoms with Crippen LogP contribution in [0.25, 0.3) is 0 Å². The Hall–Kier alpha value is -1.07. The Labute approximate surface area is 102 Å². The van der Waals surface area contributed by atoms with Crippen LogP contribution in [-0.2, 0) is 11.8 Å². The summed E-state index contributed by atoms with van der Waals surface area (Å²) in [4.78, 5) is 0. The van der Waals surface area contributed by atoms with Gasteiger partial charge in [-0.2, -0.15) is 5.10 Å². The zero-order valence-corrected chi connectivity index (χ0v) is 10.6. The molecular formula is C12H21N3O2. The highest BCUT2D eigenvalue weighted by Gasteiger charge is 2.21. The fourth-order valence-electron chi connectivity index (χ4n) is 2.38. The lowest BCUT2D eigenvalue weighted by Crippen LogP contribution is -2.18. The van der Waals surface area contributed by atoms with E-state index in [0.717, 1.165) is 37.3 Å². The average Bonchev–Trinajstić information content (AvgIpc) is 2.94. The first-order valence-corrected chi connectivity index (χ1v) is 6.15. The van der Waals surface area contributed by atoms with Crippen LogP contribution in [0.3, 0.4) is 0 Å². The van der Waals surface area contributed by atoms with E-state index < -0.39 is 0 Å². The molecule has 2 heterocycles. The number of ether oxygens (including phenoxy) is 2. The number of nitrogens with two attached hydrogens (primary N) is 1. The number of hydrogen-bond donors (Lipinski definition) is 1. The fourth-order valence-corrected chi connectivity index (χ4v) is 2.38. The first-order chi connectivity index (χ1) is 8.22. The van der Waals surface area contributed by atoms with Crippen LogP contribution < -0.4 is 10.5 Å². The van der Waals surface area contributed by atoms with Gasteiger partial charge in [-0.3, -0.25) is 4.68 Å². The third-order valence-corrected chi connectivity index (χ3v) is 3.34. The highest BCUT2D eigenvalue weighted by atomic mass is 16.5. The van der Waals surface area contributed by atoms with Gasteiger partial charge in [0.15, 0.2) is 5.75 Å². The Morgan fingerprint density at radius 3 is 3.18 bits per heavy atom. The molecule has 1 aliphatic rings. The number of hydrogen-bond acceptors (Lipinski definition) is 4. The molecule has 5 heteroatoms. The van der Waals surface area contributed by atoms with Gasteiger partial charge in [0.1, 0.15) is 0 Å². The van der Waals surface area contributed by atoms with Crippen molar-refractivity contribution in [1.29, 1.82) is 0 Å². The molecule has 0 spiro atoms. The van der Waals surface area contributed by atoms with Crippen molar-refractivity contribution in [2.45, 2.75) is 37.8 Å². The number of aryl methyl sites for hydroxylation is 1. The van der Waals surface area contributed by atoms with Gasteiger partial charge in [0.25, 0.3) is 0 Å². The minimum absolute atomic E-state index is 0.0401. The quantitative estimate of drug-likeness (QED) is 0.843. The standard InChI is InChI=1S/C12H21N3O2/c1-15-12(11(16-2)8-14-15)10(13)6-5-9-4-3-7-17-9/h8-10H,3-7,13H2,1-2H3. The van der Waals surface area contributed by atoms with E-state index in [9.17, 15) is 0 Å². The molecule has 96 valence electrons. The average molecular weight is 239 g/mol. The van der Waals surface area contributed by atoms with Crippen LogP contribution >= 0.6 is 0 Å². The lowest BCUT2D eigenvalue weighted by molar-refractivity contribution is 0.100. The van der Waals surface area contributed by atoms with E-state index in [1.807, 2.05) is 7.05 Å². The summed E-state index contributed by atoms with van der Waals surface area (Å²) in [6, 6.07) is -0.0401. The van der Waals surface area contributed by atoms with Crippen LogP contribution in [0.2, 0.25) is 0 Å². The largest absolute Gasteiger partial charge is 0.493 e. The predicted molar refractivity (Wildman–Crippen MR) is 64.9 cm³/mol. The van der Waals surface area contributed by atoms with Crippen LogP contribution in [0, 0.1) is 0 Å². The fraction of sp³-hybridized carbons (Fsp3) is 0.750. The Bertz CT molecular complexity index is 359. The Kier molecular flexibility index (Phi) is 4.02. The Balaban J connectivity index is 1.93. The molecule has 1 fully saturated rings. The van der Waals surface area contributed by atoms with E-state index in [0.29, 0.717) is 6.10 Å². The van der Waals surface area contributed by atoms with Crippen molar-refractivity contribution >= 4 is 0 Å². The maximum Gasteiger partial charge on any atom is 0.161 e. The molecule has 0 aromatic carbocycles. The highest BCUT2D eigenvalue weighted by Crippen LogP contribution is 2.27. The highest BCUT2D eigenvalue weighted by molar-refractivity contribution is 5.27. The molecule has 0 saturated carbocycles. The van der Waals surface area contributed by atoms with Crippen molar-refractivity contribution in [3.63, 3.8) is 0 Å². The molecule has 0 aliphatic carbocycles. The van der Waals surface area contributed by atoms with Gasteiger partial charge in [-0.15, -0.1) is 0 Å². The zero-order valence-electron chi connectivity index (χ0n) is 10.6. The SMILES string of the molecule is COc1cnn(C)c1C(N)CCC1CCCO1. The molecule has 1 saturated heterocycles. The topological polar surface area (TPSA) is 62.3 Å². The second-order valence-electron chi connectivity index (χ2n) is 4.54. The van der Waals surface area contributed by atoms with Gasteiger partial charge in [0.05, 0.1) is 31.1 Å². The molecule has 17 heavy (non-hydrogen) atoms. The van der Waals surface area contributed by atoms with Crippen molar-refractivity contribution in [2.75, 3.05) is 13.7 Å². The normalized spacial score (nSPS) is 21.7. The lowest BCUT2D eigenvalue weighted by Gasteiger charge is -2.16. The van der Waals surface area contributed by atoms with E-state index in [4.69, 9.17) is 15.2 Å². The van der Waals surface area contributed by atoms with Crippen LogP contribution in [0.1, 0.15) is 37.4 Å². The monoisotopic (exact) mass is 239 g/mol. The number of methoxy groups -OCH3 is 1. The van der Waals surface area contributed by atoms with Gasteiger partial charge in [0.2, 0.25) is 0 Å². The molecule has 0 radical (unpaired) electrons. The zero-order chi connectivity index (χ0) is 12.3. The van der Waals surface area contributed by atoms with Crippen molar-refractivity contribution in [3.05, 3.63) is 11.9 Å². The molecule has 0 amide bonds. The molecule has 0 bridgehead atoms. The second kappa shape index (κ2) is 5.51. The number of rotatable bonds is 5. The maximum absolute atomic E-state index is 6.20. The summed E-state index contributed by atoms with van der Waals surface area (Å²) < 4.78 is 12.7.